The molecular formula is C19H24N2O4S. The molecule has 0 saturated heterocycles. The summed E-state index contributed by atoms with van der Waals surface area (Å²) in [5.41, 5.74) is 2.59. The van der Waals surface area contributed by atoms with Gasteiger partial charge < -0.3 is 10.1 Å². The third-order valence-corrected chi connectivity index (χ3v) is 5.61. The van der Waals surface area contributed by atoms with Crippen molar-refractivity contribution in [2.24, 2.45) is 0 Å². The van der Waals surface area contributed by atoms with Crippen LogP contribution in [0.2, 0.25) is 0 Å². The Balaban J connectivity index is 2.33. The molecule has 2 aromatic carbocycles. The zero-order valence-electron chi connectivity index (χ0n) is 15.4. The van der Waals surface area contributed by atoms with E-state index in [1.165, 1.54) is 20.1 Å². The molecule has 0 radical (unpaired) electrons. The first kappa shape index (κ1) is 19.9. The zero-order chi connectivity index (χ0) is 19.3. The minimum atomic E-state index is -3.82. The van der Waals surface area contributed by atoms with Crippen LogP contribution in [0.15, 0.2) is 47.4 Å². The van der Waals surface area contributed by atoms with E-state index in [9.17, 15) is 13.2 Å². The molecule has 1 atom stereocenters. The SMILES string of the molecule is COc1ccc(CNC(C)=O)cc1S(=O)(=O)NC(C)c1ccccc1C. The lowest BCUT2D eigenvalue weighted by Gasteiger charge is -2.18. The number of benzene rings is 2. The van der Waals surface area contributed by atoms with Crippen LogP contribution >= 0.6 is 0 Å². The lowest BCUT2D eigenvalue weighted by atomic mass is 10.0. The molecule has 0 heterocycles. The lowest BCUT2D eigenvalue weighted by Crippen LogP contribution is -2.28. The first-order valence-electron chi connectivity index (χ1n) is 8.24. The standard InChI is InChI=1S/C19H24N2O4S/c1-13-7-5-6-8-17(13)14(2)21-26(23,24)19-11-16(12-20-15(3)22)9-10-18(19)25-4/h5-11,14,21H,12H2,1-4H3,(H,20,22). The van der Waals surface area contributed by atoms with Crippen molar-refractivity contribution in [1.82, 2.24) is 10.0 Å². The highest BCUT2D eigenvalue weighted by atomic mass is 32.2. The highest BCUT2D eigenvalue weighted by Crippen LogP contribution is 2.27. The predicted octanol–water partition coefficient (Wildman–Crippen LogP) is 2.68. The van der Waals surface area contributed by atoms with Crippen LogP contribution in [-0.4, -0.2) is 21.4 Å². The molecule has 0 bridgehead atoms. The highest BCUT2D eigenvalue weighted by molar-refractivity contribution is 7.89. The van der Waals surface area contributed by atoms with Crippen LogP contribution in [0.25, 0.3) is 0 Å². The zero-order valence-corrected chi connectivity index (χ0v) is 16.2. The number of nitrogens with one attached hydrogen (secondary N) is 2. The van der Waals surface area contributed by atoms with Gasteiger partial charge >= 0.3 is 0 Å². The number of methoxy groups -OCH3 is 1. The Bertz CT molecular complexity index is 894. The van der Waals surface area contributed by atoms with E-state index in [2.05, 4.69) is 10.0 Å². The number of ether oxygens (including phenoxy) is 1. The second-order valence-corrected chi connectivity index (χ2v) is 7.78. The topological polar surface area (TPSA) is 84.5 Å². The average molecular weight is 376 g/mol. The van der Waals surface area contributed by atoms with E-state index in [0.717, 1.165) is 11.1 Å². The van der Waals surface area contributed by atoms with Crippen LogP contribution in [0.5, 0.6) is 5.75 Å². The Kier molecular flexibility index (Phi) is 6.39. The van der Waals surface area contributed by atoms with Crippen molar-refractivity contribution in [1.29, 1.82) is 0 Å². The minimum absolute atomic E-state index is 0.0447. The maximum Gasteiger partial charge on any atom is 0.244 e. The Morgan fingerprint density at radius 3 is 2.50 bits per heavy atom. The quantitative estimate of drug-likeness (QED) is 0.778. The maximum atomic E-state index is 12.9. The van der Waals surface area contributed by atoms with Crippen LogP contribution in [0, 0.1) is 6.92 Å². The molecule has 7 heteroatoms. The number of amides is 1. The summed E-state index contributed by atoms with van der Waals surface area (Å²) in [7, 11) is -2.39. The number of carbonyl (C=O) groups excluding carboxylic acids is 1. The van der Waals surface area contributed by atoms with E-state index in [4.69, 9.17) is 4.74 Å². The predicted molar refractivity (Wildman–Crippen MR) is 100 cm³/mol. The molecule has 1 amide bonds. The van der Waals surface area contributed by atoms with Gasteiger partial charge in [-0.1, -0.05) is 30.3 Å². The van der Waals surface area contributed by atoms with E-state index < -0.39 is 16.1 Å². The van der Waals surface area contributed by atoms with Gasteiger partial charge in [-0.15, -0.1) is 0 Å². The van der Waals surface area contributed by atoms with E-state index in [1.54, 1.807) is 19.1 Å². The van der Waals surface area contributed by atoms with Gasteiger partial charge in [0.05, 0.1) is 7.11 Å². The fourth-order valence-corrected chi connectivity index (χ4v) is 4.14. The minimum Gasteiger partial charge on any atom is -0.495 e. The van der Waals surface area contributed by atoms with Crippen LogP contribution < -0.4 is 14.8 Å². The van der Waals surface area contributed by atoms with E-state index in [-0.39, 0.29) is 23.1 Å². The van der Waals surface area contributed by atoms with E-state index in [0.29, 0.717) is 5.56 Å². The highest BCUT2D eigenvalue weighted by Gasteiger charge is 2.23. The monoisotopic (exact) mass is 376 g/mol. The molecule has 0 aromatic heterocycles. The van der Waals surface area contributed by atoms with Crippen molar-refractivity contribution in [3.63, 3.8) is 0 Å². The summed E-state index contributed by atoms with van der Waals surface area (Å²) in [4.78, 5) is 11.1. The van der Waals surface area contributed by atoms with Crippen LogP contribution in [-0.2, 0) is 21.4 Å². The fourth-order valence-electron chi connectivity index (χ4n) is 2.70. The normalized spacial score (nSPS) is 12.5. The number of aryl methyl sites for hydroxylation is 1. The fraction of sp³-hybridized carbons (Fsp3) is 0.316. The van der Waals surface area contributed by atoms with E-state index in [1.807, 2.05) is 31.2 Å². The molecule has 26 heavy (non-hydrogen) atoms. The van der Waals surface area contributed by atoms with Gasteiger partial charge in [-0.25, -0.2) is 13.1 Å². The summed E-state index contributed by atoms with van der Waals surface area (Å²) >= 11 is 0. The molecule has 0 aliphatic rings. The smallest absolute Gasteiger partial charge is 0.244 e. The van der Waals surface area contributed by atoms with Gasteiger partial charge in [-0.05, 0) is 42.7 Å². The lowest BCUT2D eigenvalue weighted by molar-refractivity contribution is -0.119. The van der Waals surface area contributed by atoms with E-state index >= 15 is 0 Å². The van der Waals surface area contributed by atoms with Crippen LogP contribution in [0.4, 0.5) is 0 Å². The Morgan fingerprint density at radius 2 is 1.88 bits per heavy atom. The third kappa shape index (κ3) is 4.83. The van der Waals surface area contributed by atoms with Gasteiger partial charge in [0.2, 0.25) is 15.9 Å². The number of sulfonamides is 1. The summed E-state index contributed by atoms with van der Waals surface area (Å²) in [6.45, 7) is 5.39. The molecule has 2 rings (SSSR count). The maximum absolute atomic E-state index is 12.9. The number of hydrogen-bond donors (Lipinski definition) is 2. The Labute approximate surface area is 154 Å². The van der Waals surface area contributed by atoms with Crippen LogP contribution in [0.3, 0.4) is 0 Å². The van der Waals surface area contributed by atoms with Crippen molar-refractivity contribution in [2.45, 2.75) is 38.3 Å². The van der Waals surface area contributed by atoms with Gasteiger partial charge in [0.25, 0.3) is 0 Å². The van der Waals surface area contributed by atoms with Gasteiger partial charge in [0.1, 0.15) is 10.6 Å². The molecular weight excluding hydrogens is 352 g/mol. The average Bonchev–Trinajstić information content (AvgIpc) is 2.59. The summed E-state index contributed by atoms with van der Waals surface area (Å²) in [5.74, 6) is 0.0672. The molecule has 0 fully saturated rings. The van der Waals surface area contributed by atoms with Crippen molar-refractivity contribution < 1.29 is 17.9 Å². The van der Waals surface area contributed by atoms with Crippen LogP contribution in [0.1, 0.15) is 36.6 Å². The molecule has 0 saturated carbocycles. The summed E-state index contributed by atoms with van der Waals surface area (Å²) in [6, 6.07) is 12.0. The van der Waals surface area contributed by atoms with Crippen molar-refractivity contribution in [3.8, 4) is 5.75 Å². The van der Waals surface area contributed by atoms with Gasteiger partial charge in [-0.3, -0.25) is 4.79 Å². The van der Waals surface area contributed by atoms with Crippen molar-refractivity contribution >= 4 is 15.9 Å². The second kappa shape index (κ2) is 8.33. The van der Waals surface area contributed by atoms with Gasteiger partial charge in [0.15, 0.2) is 0 Å². The van der Waals surface area contributed by atoms with Gasteiger partial charge in [-0.2, -0.15) is 0 Å². The summed E-state index contributed by atoms with van der Waals surface area (Å²) in [5, 5.41) is 2.66. The van der Waals surface area contributed by atoms with Crippen molar-refractivity contribution in [2.75, 3.05) is 7.11 Å². The molecule has 2 N–H and O–H groups in total. The Hall–Kier alpha value is -2.38. The third-order valence-electron chi connectivity index (χ3n) is 4.05. The largest absolute Gasteiger partial charge is 0.495 e. The molecule has 1 unspecified atom stereocenters. The molecule has 0 spiro atoms. The first-order valence-corrected chi connectivity index (χ1v) is 9.72. The molecule has 6 nitrogen and oxygen atoms in total. The van der Waals surface area contributed by atoms with Gasteiger partial charge in [0, 0.05) is 19.5 Å². The molecule has 2 aromatic rings. The summed E-state index contributed by atoms with van der Waals surface area (Å²) < 4.78 is 33.8. The molecule has 0 aliphatic heterocycles. The number of hydrogen-bond acceptors (Lipinski definition) is 4. The first-order chi connectivity index (χ1) is 12.2. The van der Waals surface area contributed by atoms with Crippen molar-refractivity contribution in [3.05, 3.63) is 59.2 Å². The molecule has 140 valence electrons. The summed E-state index contributed by atoms with van der Waals surface area (Å²) in [6.07, 6.45) is 0. The number of carbonyl (C=O) groups is 1. The molecule has 0 aliphatic carbocycles. The second-order valence-electron chi connectivity index (χ2n) is 6.09. The number of rotatable bonds is 7. The Morgan fingerprint density at radius 1 is 1.19 bits per heavy atom.